The van der Waals surface area contributed by atoms with Gasteiger partial charge in [-0.05, 0) is 43.2 Å². The Hall–Kier alpha value is -1.11. The Morgan fingerprint density at radius 1 is 1.48 bits per heavy atom. The van der Waals surface area contributed by atoms with E-state index in [0.717, 1.165) is 38.6 Å². The van der Waals surface area contributed by atoms with Crippen molar-refractivity contribution in [3.05, 3.63) is 22.4 Å². The molecule has 1 aliphatic heterocycles. The van der Waals surface area contributed by atoms with Crippen LogP contribution in [0.15, 0.2) is 22.5 Å². The Kier molecular flexibility index (Phi) is 8.42. The number of likely N-dealkylation sites (tertiary alicyclic amines) is 1. The molecule has 1 aromatic rings. The summed E-state index contributed by atoms with van der Waals surface area (Å²) in [6, 6.07) is 4.38. The molecule has 0 spiro atoms. The molecule has 0 amide bonds. The molecule has 1 aromatic heterocycles. The van der Waals surface area contributed by atoms with Gasteiger partial charge < -0.3 is 15.4 Å². The molecule has 5 nitrogen and oxygen atoms in total. The van der Waals surface area contributed by atoms with Crippen LogP contribution in [-0.4, -0.2) is 57.8 Å². The molecule has 0 radical (unpaired) electrons. The molecule has 0 bridgehead atoms. The van der Waals surface area contributed by atoms with Crippen LogP contribution in [0.5, 0.6) is 0 Å². The van der Waals surface area contributed by atoms with Crippen molar-refractivity contribution < 1.29 is 4.74 Å². The van der Waals surface area contributed by atoms with E-state index in [0.29, 0.717) is 5.92 Å². The maximum absolute atomic E-state index is 5.06. The molecule has 130 valence electrons. The summed E-state index contributed by atoms with van der Waals surface area (Å²) in [5, 5.41) is 8.97. The molecule has 23 heavy (non-hydrogen) atoms. The minimum absolute atomic E-state index is 0.696. The summed E-state index contributed by atoms with van der Waals surface area (Å²) in [6.07, 6.45) is 3.58. The number of rotatable bonds is 8. The fraction of sp³-hybridized carbons (Fsp3) is 0.706. The zero-order valence-electron chi connectivity index (χ0n) is 14.4. The summed E-state index contributed by atoms with van der Waals surface area (Å²) >= 11 is 1.86. The SMILES string of the molecule is CN=C(NCCCOC)NCC1CCCN(Cc2cccs2)C1. The van der Waals surface area contributed by atoms with Crippen LogP contribution in [-0.2, 0) is 11.3 Å². The molecule has 1 fully saturated rings. The third-order valence-corrected chi connectivity index (χ3v) is 5.02. The highest BCUT2D eigenvalue weighted by Gasteiger charge is 2.20. The molecular weight excluding hydrogens is 308 g/mol. The Balaban J connectivity index is 1.67. The third-order valence-electron chi connectivity index (χ3n) is 4.16. The van der Waals surface area contributed by atoms with Gasteiger partial charge in [-0.1, -0.05) is 6.07 Å². The number of aliphatic imine (C=N–C) groups is 1. The Bertz CT molecular complexity index is 449. The predicted octanol–water partition coefficient (Wildman–Crippen LogP) is 2.16. The van der Waals surface area contributed by atoms with Crippen molar-refractivity contribution in [2.45, 2.75) is 25.8 Å². The molecule has 1 atom stereocenters. The van der Waals surface area contributed by atoms with Crippen molar-refractivity contribution in [1.82, 2.24) is 15.5 Å². The average Bonchev–Trinajstić information content (AvgIpc) is 3.07. The number of nitrogens with one attached hydrogen (secondary N) is 2. The predicted molar refractivity (Wildman–Crippen MR) is 98.2 cm³/mol. The quantitative estimate of drug-likeness (QED) is 0.433. The van der Waals surface area contributed by atoms with Crippen molar-refractivity contribution in [3.8, 4) is 0 Å². The van der Waals surface area contributed by atoms with Crippen molar-refractivity contribution in [3.63, 3.8) is 0 Å². The summed E-state index contributed by atoms with van der Waals surface area (Å²) in [7, 11) is 3.56. The first-order valence-electron chi connectivity index (χ1n) is 8.50. The van der Waals surface area contributed by atoms with Gasteiger partial charge in [-0.15, -0.1) is 11.3 Å². The lowest BCUT2D eigenvalue weighted by Crippen LogP contribution is -2.44. The number of hydrogen-bond donors (Lipinski definition) is 2. The number of methoxy groups -OCH3 is 1. The van der Waals surface area contributed by atoms with E-state index < -0.39 is 0 Å². The molecule has 0 aliphatic carbocycles. The van der Waals surface area contributed by atoms with Gasteiger partial charge in [0.2, 0.25) is 0 Å². The van der Waals surface area contributed by atoms with E-state index in [4.69, 9.17) is 4.74 Å². The zero-order valence-corrected chi connectivity index (χ0v) is 15.2. The van der Waals surface area contributed by atoms with E-state index in [9.17, 15) is 0 Å². The molecule has 1 aliphatic rings. The lowest BCUT2D eigenvalue weighted by Gasteiger charge is -2.32. The topological polar surface area (TPSA) is 48.9 Å². The van der Waals surface area contributed by atoms with E-state index in [1.54, 1.807) is 7.11 Å². The van der Waals surface area contributed by atoms with Crippen LogP contribution in [0.3, 0.4) is 0 Å². The van der Waals surface area contributed by atoms with Crippen molar-refractivity contribution in [1.29, 1.82) is 0 Å². The average molecular weight is 339 g/mol. The van der Waals surface area contributed by atoms with Crippen molar-refractivity contribution in [2.75, 3.05) is 46.9 Å². The zero-order chi connectivity index (χ0) is 16.3. The van der Waals surface area contributed by atoms with Crippen LogP contribution in [0.2, 0.25) is 0 Å². The first-order valence-corrected chi connectivity index (χ1v) is 9.38. The number of hydrogen-bond acceptors (Lipinski definition) is 4. The van der Waals surface area contributed by atoms with E-state index in [-0.39, 0.29) is 0 Å². The van der Waals surface area contributed by atoms with E-state index in [1.807, 2.05) is 18.4 Å². The molecule has 1 unspecified atom stereocenters. The monoisotopic (exact) mass is 338 g/mol. The molecule has 6 heteroatoms. The van der Waals surface area contributed by atoms with Gasteiger partial charge >= 0.3 is 0 Å². The summed E-state index contributed by atoms with van der Waals surface area (Å²) in [5.74, 6) is 1.60. The maximum atomic E-state index is 5.06. The van der Waals surface area contributed by atoms with Gasteiger partial charge in [-0.3, -0.25) is 9.89 Å². The summed E-state index contributed by atoms with van der Waals surface area (Å²) in [5.41, 5.74) is 0. The third kappa shape index (κ3) is 6.89. The van der Waals surface area contributed by atoms with Gasteiger partial charge in [0.05, 0.1) is 0 Å². The second kappa shape index (κ2) is 10.6. The highest BCUT2D eigenvalue weighted by Crippen LogP contribution is 2.19. The van der Waals surface area contributed by atoms with Crippen LogP contribution in [0.4, 0.5) is 0 Å². The van der Waals surface area contributed by atoms with Crippen LogP contribution in [0.1, 0.15) is 24.1 Å². The summed E-state index contributed by atoms with van der Waals surface area (Å²) in [6.45, 7) is 6.15. The highest BCUT2D eigenvalue weighted by atomic mass is 32.1. The summed E-state index contributed by atoms with van der Waals surface area (Å²) < 4.78 is 5.06. The molecular formula is C17H30N4OS. The second-order valence-corrected chi connectivity index (χ2v) is 7.08. The van der Waals surface area contributed by atoms with E-state index in [2.05, 4.69) is 38.0 Å². The van der Waals surface area contributed by atoms with E-state index >= 15 is 0 Å². The van der Waals surface area contributed by atoms with Crippen molar-refractivity contribution in [2.24, 2.45) is 10.9 Å². The van der Waals surface area contributed by atoms with Crippen molar-refractivity contribution >= 4 is 17.3 Å². The highest BCUT2D eigenvalue weighted by molar-refractivity contribution is 7.09. The second-order valence-electron chi connectivity index (χ2n) is 6.05. The Morgan fingerprint density at radius 3 is 3.13 bits per heavy atom. The largest absolute Gasteiger partial charge is 0.385 e. The lowest BCUT2D eigenvalue weighted by molar-refractivity contribution is 0.169. The minimum atomic E-state index is 0.696. The van der Waals surface area contributed by atoms with Gasteiger partial charge in [0.15, 0.2) is 5.96 Å². The maximum Gasteiger partial charge on any atom is 0.190 e. The van der Waals surface area contributed by atoms with Gasteiger partial charge in [0.1, 0.15) is 0 Å². The molecule has 2 rings (SSSR count). The normalized spacial score (nSPS) is 19.7. The smallest absolute Gasteiger partial charge is 0.190 e. The number of nitrogens with zero attached hydrogens (tertiary/aromatic N) is 2. The first-order chi connectivity index (χ1) is 11.3. The first kappa shape index (κ1) is 18.2. The molecule has 1 saturated heterocycles. The Labute approximate surface area is 144 Å². The van der Waals surface area contributed by atoms with Crippen LogP contribution < -0.4 is 10.6 Å². The minimum Gasteiger partial charge on any atom is -0.385 e. The fourth-order valence-electron chi connectivity index (χ4n) is 2.97. The summed E-state index contributed by atoms with van der Waals surface area (Å²) in [4.78, 5) is 8.34. The molecule has 0 saturated carbocycles. The number of thiophene rings is 1. The van der Waals surface area contributed by atoms with Gasteiger partial charge in [0, 0.05) is 51.8 Å². The van der Waals surface area contributed by atoms with E-state index in [1.165, 1.54) is 30.8 Å². The number of piperidine rings is 1. The fourth-order valence-corrected chi connectivity index (χ4v) is 3.72. The van der Waals surface area contributed by atoms with Crippen LogP contribution >= 0.6 is 11.3 Å². The van der Waals surface area contributed by atoms with Crippen LogP contribution in [0.25, 0.3) is 0 Å². The molecule has 2 N–H and O–H groups in total. The molecule has 2 heterocycles. The number of ether oxygens (including phenoxy) is 1. The van der Waals surface area contributed by atoms with Crippen LogP contribution in [0, 0.1) is 5.92 Å². The standard InChI is InChI=1S/C17H30N4OS/c1-18-17(19-8-5-10-22-2)20-12-15-6-3-9-21(13-15)14-16-7-4-11-23-16/h4,7,11,15H,3,5-6,8-10,12-14H2,1-2H3,(H2,18,19,20). The lowest BCUT2D eigenvalue weighted by atomic mass is 9.98. The van der Waals surface area contributed by atoms with Gasteiger partial charge in [-0.25, -0.2) is 0 Å². The Morgan fingerprint density at radius 2 is 2.39 bits per heavy atom. The van der Waals surface area contributed by atoms with Gasteiger partial charge in [-0.2, -0.15) is 0 Å². The number of guanidine groups is 1. The van der Waals surface area contributed by atoms with Gasteiger partial charge in [0.25, 0.3) is 0 Å². The molecule has 0 aromatic carbocycles.